The molecule has 2 saturated carbocycles. The number of ether oxygens (including phenoxy) is 1. The molecule has 6 rings (SSSR count). The predicted octanol–water partition coefficient (Wildman–Crippen LogP) is 6.72. The molecule has 3 heteroatoms. The summed E-state index contributed by atoms with van der Waals surface area (Å²) in [4.78, 5) is 6.81. The van der Waals surface area contributed by atoms with Crippen LogP contribution in [0.25, 0.3) is 0 Å². The smallest absolute Gasteiger partial charge is 0.0974 e. The molecule has 0 N–H and O–H groups in total. The average Bonchev–Trinajstić information content (AvgIpc) is 3.32. The van der Waals surface area contributed by atoms with Gasteiger partial charge in [-0.05, 0) is 111 Å². The first kappa shape index (κ1) is 22.5. The van der Waals surface area contributed by atoms with Crippen LogP contribution in [-0.2, 0) is 4.74 Å². The van der Waals surface area contributed by atoms with Crippen LogP contribution in [-0.4, -0.2) is 42.5 Å². The second-order valence-corrected chi connectivity index (χ2v) is 12.1. The van der Waals surface area contributed by atoms with Crippen molar-refractivity contribution >= 4 is 6.21 Å². The molecule has 3 aliphatic carbocycles. The van der Waals surface area contributed by atoms with Crippen LogP contribution in [0.5, 0.6) is 0 Å². The monoisotopic (exact) mass is 456 g/mol. The number of nitrogens with zero attached hydrogens (tertiary/aromatic N) is 2. The number of hydrogen-bond donors (Lipinski definition) is 0. The normalized spacial score (nSPS) is 47.5. The topological polar surface area (TPSA) is 24.8 Å². The largest absolute Gasteiger partial charge is 0.359 e. The Balaban J connectivity index is 1.36. The second-order valence-electron chi connectivity index (χ2n) is 12.1. The molecule has 0 aromatic carbocycles. The first-order chi connectivity index (χ1) is 16.4. The molecule has 0 aromatic heterocycles. The van der Waals surface area contributed by atoms with Gasteiger partial charge < -0.3 is 9.64 Å². The third-order valence-corrected chi connectivity index (χ3v) is 10.2. The Labute approximate surface area is 205 Å². The van der Waals surface area contributed by atoms with Gasteiger partial charge in [0.2, 0.25) is 0 Å². The number of rotatable bonds is 2. The summed E-state index contributed by atoms with van der Waals surface area (Å²) in [6.45, 7) is 6.82. The van der Waals surface area contributed by atoms with Crippen molar-refractivity contribution in [1.82, 2.24) is 4.90 Å². The molecular weight excluding hydrogens is 416 g/mol. The maximum absolute atomic E-state index is 7.43. The maximum Gasteiger partial charge on any atom is 0.0974 e. The first-order valence-corrected chi connectivity index (χ1v) is 13.4. The van der Waals surface area contributed by atoms with Crippen molar-refractivity contribution in [3.05, 3.63) is 71.5 Å². The summed E-state index contributed by atoms with van der Waals surface area (Å²) in [7, 11) is 4.48. The Morgan fingerprint density at radius 1 is 1.12 bits per heavy atom. The number of aliphatic imine (C=N–C) groups is 1. The van der Waals surface area contributed by atoms with Crippen LogP contribution in [0.15, 0.2) is 76.5 Å². The Morgan fingerprint density at radius 3 is 2.85 bits per heavy atom. The molecule has 1 saturated heterocycles. The zero-order valence-electron chi connectivity index (χ0n) is 21.2. The molecule has 3 aliphatic heterocycles. The van der Waals surface area contributed by atoms with E-state index in [4.69, 9.17) is 4.74 Å². The van der Waals surface area contributed by atoms with E-state index in [0.717, 1.165) is 24.8 Å². The SMILES string of the molecule is C=C1/C=N\C=C/C/C=C\C([C@H]2CC[C@@H]3[C@]2(C)CC=C2C=C4CC[C@H](N(C)C)C[C@]45CC[C@@]23O5)=C/1. The summed E-state index contributed by atoms with van der Waals surface area (Å²) < 4.78 is 7.43. The molecule has 6 atom stereocenters. The van der Waals surface area contributed by atoms with Gasteiger partial charge in [0.15, 0.2) is 0 Å². The van der Waals surface area contributed by atoms with Crippen molar-refractivity contribution < 1.29 is 4.74 Å². The van der Waals surface area contributed by atoms with Crippen molar-refractivity contribution in [2.75, 3.05) is 14.1 Å². The highest BCUT2D eigenvalue weighted by Crippen LogP contribution is 2.68. The van der Waals surface area contributed by atoms with Crippen molar-refractivity contribution in [2.24, 2.45) is 22.2 Å². The van der Waals surface area contributed by atoms with E-state index in [-0.39, 0.29) is 16.6 Å². The highest BCUT2D eigenvalue weighted by molar-refractivity contribution is 5.82. The molecular formula is C31H40N2O. The summed E-state index contributed by atoms with van der Waals surface area (Å²) in [5, 5.41) is 0. The first-order valence-electron chi connectivity index (χ1n) is 13.4. The third-order valence-electron chi connectivity index (χ3n) is 10.2. The van der Waals surface area contributed by atoms with Crippen LogP contribution in [0.4, 0.5) is 0 Å². The zero-order valence-corrected chi connectivity index (χ0v) is 21.2. The minimum absolute atomic E-state index is 0.0203. The van der Waals surface area contributed by atoms with Gasteiger partial charge in [0.1, 0.15) is 0 Å². The standard InChI is InChI=1S/C31H40N2O/c1-22-18-23(8-6-5-7-17-32-21-22)27-11-12-28-29(27,2)14-13-25-19-24-9-10-26(33(3)4)20-30(24)15-16-31(25,28)34-30/h6-8,13,17-19,21,26-28H,1,5,9-12,14-16,20H2,2-4H3/b8-6-,17-7-,23-18+,32-21-/t26-,27+,28+,29+,30+,31+/m0/s1. The van der Waals surface area contributed by atoms with E-state index in [0.29, 0.717) is 17.9 Å². The fourth-order valence-corrected chi connectivity index (χ4v) is 8.43. The highest BCUT2D eigenvalue weighted by atomic mass is 16.5. The van der Waals surface area contributed by atoms with Crippen molar-refractivity contribution in [1.29, 1.82) is 0 Å². The molecule has 2 bridgehead atoms. The molecule has 0 amide bonds. The van der Waals surface area contributed by atoms with Gasteiger partial charge in [0.05, 0.1) is 11.2 Å². The van der Waals surface area contributed by atoms with Crippen molar-refractivity contribution in [2.45, 2.75) is 82.0 Å². The van der Waals surface area contributed by atoms with Gasteiger partial charge in [-0.1, -0.05) is 50.0 Å². The van der Waals surface area contributed by atoms with Crippen LogP contribution in [0, 0.1) is 17.3 Å². The van der Waals surface area contributed by atoms with E-state index < -0.39 is 0 Å². The van der Waals surface area contributed by atoms with E-state index in [2.05, 4.69) is 73.9 Å². The third kappa shape index (κ3) is 3.27. The van der Waals surface area contributed by atoms with Gasteiger partial charge >= 0.3 is 0 Å². The van der Waals surface area contributed by atoms with Crippen LogP contribution in [0.2, 0.25) is 0 Å². The number of fused-ring (bicyclic) bond motifs is 1. The Kier molecular flexibility index (Phi) is 5.31. The fourth-order valence-electron chi connectivity index (χ4n) is 8.43. The lowest BCUT2D eigenvalue weighted by atomic mass is 9.57. The quantitative estimate of drug-likeness (QED) is 0.461. The summed E-state index contributed by atoms with van der Waals surface area (Å²) >= 11 is 0. The minimum Gasteiger partial charge on any atom is -0.359 e. The van der Waals surface area contributed by atoms with Crippen LogP contribution in [0.3, 0.4) is 0 Å². The molecule has 3 nitrogen and oxygen atoms in total. The average molecular weight is 457 g/mol. The summed E-state index contributed by atoms with van der Waals surface area (Å²) in [5.41, 5.74) is 5.62. The molecule has 34 heavy (non-hydrogen) atoms. The van der Waals surface area contributed by atoms with E-state index in [1.54, 1.807) is 5.57 Å². The Bertz CT molecular complexity index is 1070. The molecule has 0 unspecified atom stereocenters. The molecule has 0 radical (unpaired) electrons. The fraction of sp³-hybridized carbons (Fsp3) is 0.581. The summed E-state index contributed by atoms with van der Waals surface area (Å²) in [5.74, 6) is 1.11. The number of allylic oxidation sites excluding steroid dienone is 7. The maximum atomic E-state index is 7.43. The van der Waals surface area contributed by atoms with E-state index >= 15 is 0 Å². The van der Waals surface area contributed by atoms with Crippen LogP contribution in [0.1, 0.15) is 64.7 Å². The molecule has 180 valence electrons. The lowest BCUT2D eigenvalue weighted by molar-refractivity contribution is -0.140. The molecule has 3 heterocycles. The lowest BCUT2D eigenvalue weighted by Gasteiger charge is -2.55. The Hall–Kier alpha value is -1.97. The minimum atomic E-state index is -0.0824. The molecule has 3 fully saturated rings. The second kappa shape index (κ2) is 8.03. The van der Waals surface area contributed by atoms with Gasteiger partial charge in [-0.25, -0.2) is 0 Å². The Morgan fingerprint density at radius 2 is 2.00 bits per heavy atom. The predicted molar refractivity (Wildman–Crippen MR) is 141 cm³/mol. The van der Waals surface area contributed by atoms with E-state index in [1.807, 2.05) is 12.4 Å². The highest BCUT2D eigenvalue weighted by Gasteiger charge is 2.66. The van der Waals surface area contributed by atoms with E-state index in [9.17, 15) is 0 Å². The molecule has 0 aromatic rings. The van der Waals surface area contributed by atoms with Crippen molar-refractivity contribution in [3.8, 4) is 0 Å². The van der Waals surface area contributed by atoms with Crippen molar-refractivity contribution in [3.63, 3.8) is 0 Å². The van der Waals surface area contributed by atoms with Crippen LogP contribution < -0.4 is 0 Å². The lowest BCUT2D eigenvalue weighted by Crippen LogP contribution is -2.55. The summed E-state index contributed by atoms with van der Waals surface area (Å²) in [6, 6.07) is 0.629. The van der Waals surface area contributed by atoms with Gasteiger partial charge in [0, 0.05) is 18.5 Å². The van der Waals surface area contributed by atoms with E-state index in [1.165, 1.54) is 49.7 Å². The van der Waals surface area contributed by atoms with Gasteiger partial charge in [-0.3, -0.25) is 4.99 Å². The number of hydrogen-bond acceptors (Lipinski definition) is 3. The molecule has 6 aliphatic rings. The van der Waals surface area contributed by atoms with Gasteiger partial charge in [-0.2, -0.15) is 0 Å². The van der Waals surface area contributed by atoms with Gasteiger partial charge in [0.25, 0.3) is 0 Å². The summed E-state index contributed by atoms with van der Waals surface area (Å²) in [6.07, 6.45) is 28.5. The van der Waals surface area contributed by atoms with Crippen LogP contribution >= 0.6 is 0 Å². The zero-order chi connectivity index (χ0) is 23.6. The van der Waals surface area contributed by atoms with Gasteiger partial charge in [-0.15, -0.1) is 0 Å². The molecule has 2 spiro atoms.